The van der Waals surface area contributed by atoms with E-state index in [2.05, 4.69) is 58.2 Å². The van der Waals surface area contributed by atoms with Crippen molar-refractivity contribution < 1.29 is 0 Å². The first-order valence-electron chi connectivity index (χ1n) is 6.47. The van der Waals surface area contributed by atoms with Crippen molar-refractivity contribution in [2.24, 2.45) is 4.99 Å². The molecule has 0 aliphatic rings. The van der Waals surface area contributed by atoms with Gasteiger partial charge in [0, 0.05) is 11.1 Å². The number of amidine groups is 1. The maximum Gasteiger partial charge on any atom is 0.312 e. The summed E-state index contributed by atoms with van der Waals surface area (Å²) < 4.78 is 2.16. The van der Waals surface area contributed by atoms with E-state index >= 15 is 0 Å². The summed E-state index contributed by atoms with van der Waals surface area (Å²) in [6.07, 6.45) is 0. The van der Waals surface area contributed by atoms with Crippen molar-refractivity contribution in [3.63, 3.8) is 0 Å². The Morgan fingerprint density at radius 1 is 1.05 bits per heavy atom. The largest absolute Gasteiger partial charge is 0.365 e. The van der Waals surface area contributed by atoms with Gasteiger partial charge < -0.3 is 4.57 Å². The second-order valence-electron chi connectivity index (χ2n) is 6.56. The molecule has 0 unspecified atom stereocenters. The molecule has 2 radical (unpaired) electrons. The predicted molar refractivity (Wildman–Crippen MR) is 85.9 cm³/mol. The predicted octanol–water partition coefficient (Wildman–Crippen LogP) is 4.11. The lowest BCUT2D eigenvalue weighted by Crippen LogP contribution is -2.47. The smallest absolute Gasteiger partial charge is 0.312 e. The Hall–Kier alpha value is -0.803. The van der Waals surface area contributed by atoms with E-state index < -0.39 is 0 Å². The van der Waals surface area contributed by atoms with E-state index in [9.17, 15) is 0 Å². The van der Waals surface area contributed by atoms with Gasteiger partial charge >= 0.3 is 8.99 Å². The normalized spacial score (nSPS) is 13.5. The van der Waals surface area contributed by atoms with Gasteiger partial charge in [-0.25, -0.2) is 0 Å². The van der Waals surface area contributed by atoms with Crippen LogP contribution in [0.3, 0.4) is 0 Å². The number of hydrogen-bond donors (Lipinski definition) is 0. The van der Waals surface area contributed by atoms with Crippen molar-refractivity contribution >= 4 is 25.9 Å². The molecule has 0 amide bonds. The molecule has 0 N–H and O–H groups in total. The highest BCUT2D eigenvalue weighted by Crippen LogP contribution is 2.20. The molecular weight excluding hydrogens is 272 g/mol. The molecule has 0 aliphatic carbocycles. The van der Waals surface area contributed by atoms with Crippen LogP contribution >= 0.6 is 11.1 Å². The molecule has 2 nitrogen and oxygen atoms in total. The van der Waals surface area contributed by atoms with Crippen LogP contribution < -0.4 is 0 Å². The summed E-state index contributed by atoms with van der Waals surface area (Å²) in [5.41, 5.74) is 0.922. The van der Waals surface area contributed by atoms with Crippen molar-refractivity contribution in [2.75, 3.05) is 0 Å². The minimum atomic E-state index is -0.134. The first-order chi connectivity index (χ1) is 8.65. The third-order valence-electron chi connectivity index (χ3n) is 2.44. The summed E-state index contributed by atoms with van der Waals surface area (Å²) in [6.45, 7) is 12.8. The molecule has 1 aromatic carbocycles. The summed E-state index contributed by atoms with van der Waals surface area (Å²) in [7, 11) is 0.167. The minimum absolute atomic E-state index is 0.0554. The van der Waals surface area contributed by atoms with E-state index in [-0.39, 0.29) is 20.1 Å². The van der Waals surface area contributed by atoms with Crippen LogP contribution in [0.15, 0.2) is 35.3 Å². The first-order valence-corrected chi connectivity index (χ1v) is 8.43. The molecule has 0 fully saturated rings. The number of aliphatic imine (C=N–C) groups is 1. The van der Waals surface area contributed by atoms with E-state index in [1.54, 1.807) is 0 Å². The molecule has 0 aliphatic heterocycles. The van der Waals surface area contributed by atoms with Crippen molar-refractivity contribution in [3.8, 4) is 0 Å². The number of halogens is 1. The van der Waals surface area contributed by atoms with Gasteiger partial charge in [0.25, 0.3) is 0 Å². The van der Waals surface area contributed by atoms with Crippen LogP contribution in [0.2, 0.25) is 0 Å². The van der Waals surface area contributed by atoms with Crippen molar-refractivity contribution in [1.82, 2.24) is 4.57 Å². The van der Waals surface area contributed by atoms with E-state index in [0.717, 1.165) is 11.4 Å². The average molecular weight is 295 g/mol. The van der Waals surface area contributed by atoms with Gasteiger partial charge in [-0.05, 0) is 41.5 Å². The molecule has 104 valence electrons. The Bertz CT molecular complexity index is 430. The molecule has 0 heterocycles. The fourth-order valence-corrected chi connectivity index (χ4v) is 3.15. The fourth-order valence-electron chi connectivity index (χ4n) is 1.63. The topological polar surface area (TPSA) is 15.6 Å². The molecule has 0 atom stereocenters. The highest BCUT2D eigenvalue weighted by Gasteiger charge is 2.27. The number of benzene rings is 1. The van der Waals surface area contributed by atoms with Crippen molar-refractivity contribution in [1.29, 1.82) is 0 Å². The highest BCUT2D eigenvalue weighted by molar-refractivity contribution is 6.93. The van der Waals surface area contributed by atoms with Crippen molar-refractivity contribution in [3.05, 3.63) is 35.9 Å². The van der Waals surface area contributed by atoms with Gasteiger partial charge in [-0.15, -0.1) is 11.1 Å². The van der Waals surface area contributed by atoms with Crippen molar-refractivity contribution in [2.45, 2.75) is 52.6 Å². The van der Waals surface area contributed by atoms with Crippen LogP contribution in [0.5, 0.6) is 0 Å². The zero-order chi connectivity index (χ0) is 14.7. The van der Waals surface area contributed by atoms with Gasteiger partial charge in [0.15, 0.2) is 0 Å². The monoisotopic (exact) mass is 294 g/mol. The molecule has 0 saturated heterocycles. The zero-order valence-electron chi connectivity index (χ0n) is 12.7. The third-order valence-corrected chi connectivity index (χ3v) is 4.00. The van der Waals surface area contributed by atoms with Crippen LogP contribution in [0.1, 0.15) is 47.1 Å². The lowest BCUT2D eigenvalue weighted by Gasteiger charge is -2.37. The number of hydrogen-bond acceptors (Lipinski definition) is 1. The van der Waals surface area contributed by atoms with E-state index in [1.807, 2.05) is 18.2 Å². The van der Waals surface area contributed by atoms with Gasteiger partial charge in [-0.3, -0.25) is 4.99 Å². The maximum atomic E-state index is 6.20. The third kappa shape index (κ3) is 5.00. The first kappa shape index (κ1) is 16.3. The molecule has 19 heavy (non-hydrogen) atoms. The molecule has 1 rings (SSSR count). The van der Waals surface area contributed by atoms with Gasteiger partial charge in [0.2, 0.25) is 0 Å². The maximum absolute atomic E-state index is 6.20. The minimum Gasteiger partial charge on any atom is -0.365 e. The molecule has 0 bridgehead atoms. The molecule has 0 spiro atoms. The van der Waals surface area contributed by atoms with Crippen LogP contribution in [0.25, 0.3) is 0 Å². The fraction of sp³-hybridized carbons (Fsp3) is 0.533. The molecular formula is C15H23ClN2Si. The summed E-state index contributed by atoms with van der Waals surface area (Å²) in [5, 5.41) is 0. The summed E-state index contributed by atoms with van der Waals surface area (Å²) in [4.78, 5) is 4.88. The Balaban J connectivity index is 3.32. The molecule has 4 heteroatoms. The Morgan fingerprint density at radius 3 is 1.95 bits per heavy atom. The van der Waals surface area contributed by atoms with Gasteiger partial charge in [-0.1, -0.05) is 30.3 Å². The van der Waals surface area contributed by atoms with E-state index in [0.29, 0.717) is 0 Å². The zero-order valence-corrected chi connectivity index (χ0v) is 14.4. The second-order valence-corrected chi connectivity index (χ2v) is 7.69. The summed E-state index contributed by atoms with van der Waals surface area (Å²) in [5.74, 6) is 0.967. The Morgan fingerprint density at radius 2 is 1.58 bits per heavy atom. The van der Waals surface area contributed by atoms with Gasteiger partial charge in [-0.2, -0.15) is 0 Å². The second kappa shape index (κ2) is 6.10. The lowest BCUT2D eigenvalue weighted by atomic mass is 10.1. The average Bonchev–Trinajstić information content (AvgIpc) is 2.26. The van der Waals surface area contributed by atoms with E-state index in [1.165, 1.54) is 0 Å². The molecule has 0 saturated carbocycles. The Kier molecular flexibility index (Phi) is 5.22. The van der Waals surface area contributed by atoms with Gasteiger partial charge in [0.1, 0.15) is 5.84 Å². The van der Waals surface area contributed by atoms with Crippen LogP contribution in [0.4, 0.5) is 0 Å². The SMILES string of the molecule is CC(C)(C)N=C(c1ccccc1)N([Si]Cl)C(C)(C)C. The molecule has 0 aromatic heterocycles. The van der Waals surface area contributed by atoms with Gasteiger partial charge in [0.05, 0.1) is 5.54 Å². The number of rotatable bonds is 2. The standard InChI is InChI=1S/C15H23ClN2Si/c1-14(2,3)17-13(12-10-8-7-9-11-12)18(19-16)15(4,5)6/h7-11H,1-6H3. The summed E-state index contributed by atoms with van der Waals surface area (Å²) in [6, 6.07) is 10.3. The highest BCUT2D eigenvalue weighted by atomic mass is 35.6. The van der Waals surface area contributed by atoms with Crippen LogP contribution in [-0.4, -0.2) is 30.5 Å². The number of nitrogens with zero attached hydrogens (tertiary/aromatic N) is 2. The van der Waals surface area contributed by atoms with E-state index in [4.69, 9.17) is 16.1 Å². The van der Waals surface area contributed by atoms with Crippen LogP contribution in [-0.2, 0) is 0 Å². The quantitative estimate of drug-likeness (QED) is 0.347. The van der Waals surface area contributed by atoms with Crippen LogP contribution in [0, 0.1) is 0 Å². The summed E-state index contributed by atoms with van der Waals surface area (Å²) >= 11 is 6.20. The Labute approximate surface area is 124 Å². The molecule has 1 aromatic rings. The lowest BCUT2D eigenvalue weighted by molar-refractivity contribution is 0.359.